The lowest BCUT2D eigenvalue weighted by atomic mass is 10.1. The minimum absolute atomic E-state index is 0.198. The maximum atomic E-state index is 12.6. The molecule has 0 bridgehead atoms. The van der Waals surface area contributed by atoms with Crippen molar-refractivity contribution in [2.24, 2.45) is 0 Å². The summed E-state index contributed by atoms with van der Waals surface area (Å²) in [5.74, 6) is 0.211. The third-order valence-electron chi connectivity index (χ3n) is 3.63. The number of alkyl halides is 3. The number of benzene rings is 1. The second kappa shape index (κ2) is 5.42. The Balaban J connectivity index is 1.72. The Morgan fingerprint density at radius 2 is 2.10 bits per heavy atom. The van der Waals surface area contributed by atoms with Gasteiger partial charge >= 0.3 is 6.18 Å². The molecular weight excluding hydrogens is 281 g/mol. The molecule has 0 aliphatic carbocycles. The second-order valence-electron chi connectivity index (χ2n) is 5.10. The molecule has 21 heavy (non-hydrogen) atoms. The van der Waals surface area contributed by atoms with Crippen LogP contribution < -0.4 is 4.74 Å². The van der Waals surface area contributed by atoms with Gasteiger partial charge in [-0.15, -0.1) is 0 Å². The largest absolute Gasteiger partial charge is 0.487 e. The Morgan fingerprint density at radius 3 is 2.90 bits per heavy atom. The summed E-state index contributed by atoms with van der Waals surface area (Å²) in [5, 5.41) is 0. The van der Waals surface area contributed by atoms with E-state index in [-0.39, 0.29) is 12.4 Å². The number of fused-ring (bicyclic) bond motifs is 1. The van der Waals surface area contributed by atoms with Crippen LogP contribution in [0.25, 0.3) is 0 Å². The van der Waals surface area contributed by atoms with Crippen molar-refractivity contribution in [1.29, 1.82) is 0 Å². The summed E-state index contributed by atoms with van der Waals surface area (Å²) < 4.78 is 45.5. The summed E-state index contributed by atoms with van der Waals surface area (Å²) in [5.41, 5.74) is 1.24. The zero-order valence-electron chi connectivity index (χ0n) is 11.4. The summed E-state index contributed by atoms with van der Waals surface area (Å²) in [6.45, 7) is 1.15. The number of imidazole rings is 1. The predicted molar refractivity (Wildman–Crippen MR) is 70.9 cm³/mol. The van der Waals surface area contributed by atoms with Crippen LogP contribution in [0.15, 0.2) is 30.6 Å². The fourth-order valence-corrected chi connectivity index (χ4v) is 2.54. The molecule has 2 heterocycles. The Hall–Kier alpha value is -1.98. The van der Waals surface area contributed by atoms with Crippen molar-refractivity contribution in [3.63, 3.8) is 0 Å². The van der Waals surface area contributed by atoms with Crippen LogP contribution in [0.2, 0.25) is 0 Å². The van der Waals surface area contributed by atoms with Crippen LogP contribution in [0.3, 0.4) is 0 Å². The highest BCUT2D eigenvalue weighted by atomic mass is 19.4. The predicted octanol–water partition coefficient (Wildman–Crippen LogP) is 3.82. The molecular formula is C15H15F3N2O. The van der Waals surface area contributed by atoms with Crippen molar-refractivity contribution in [2.45, 2.75) is 38.6 Å². The monoisotopic (exact) mass is 296 g/mol. The Morgan fingerprint density at radius 1 is 1.24 bits per heavy atom. The zero-order valence-corrected chi connectivity index (χ0v) is 11.4. The molecule has 112 valence electrons. The molecule has 1 aliphatic rings. The van der Waals surface area contributed by atoms with Crippen LogP contribution in [0.4, 0.5) is 13.2 Å². The highest BCUT2D eigenvalue weighted by molar-refractivity contribution is 5.30. The molecule has 6 heteroatoms. The Kier molecular flexibility index (Phi) is 3.61. The molecule has 3 nitrogen and oxygen atoms in total. The fraction of sp³-hybridized carbons (Fsp3) is 0.400. The lowest BCUT2D eigenvalue weighted by Gasteiger charge is -2.15. The summed E-state index contributed by atoms with van der Waals surface area (Å²) in [6.07, 6.45) is 0.618. The van der Waals surface area contributed by atoms with Crippen LogP contribution in [-0.4, -0.2) is 9.55 Å². The van der Waals surface area contributed by atoms with Crippen molar-refractivity contribution in [1.82, 2.24) is 9.55 Å². The van der Waals surface area contributed by atoms with E-state index in [2.05, 4.69) is 9.55 Å². The van der Waals surface area contributed by atoms with Crippen molar-refractivity contribution in [3.8, 4) is 5.75 Å². The van der Waals surface area contributed by atoms with E-state index in [1.807, 2.05) is 0 Å². The minimum atomic E-state index is -4.35. The van der Waals surface area contributed by atoms with Gasteiger partial charge in [-0.1, -0.05) is 6.07 Å². The topological polar surface area (TPSA) is 27.1 Å². The van der Waals surface area contributed by atoms with Gasteiger partial charge in [0.15, 0.2) is 0 Å². The van der Waals surface area contributed by atoms with E-state index in [4.69, 9.17) is 4.74 Å². The van der Waals surface area contributed by atoms with Crippen LogP contribution in [0, 0.1) is 0 Å². The van der Waals surface area contributed by atoms with E-state index < -0.39 is 11.7 Å². The van der Waals surface area contributed by atoms with Crippen LogP contribution in [-0.2, 0) is 25.7 Å². The highest BCUT2D eigenvalue weighted by Gasteiger charge is 2.30. The average Bonchev–Trinajstić information content (AvgIpc) is 2.88. The normalized spacial score (nSPS) is 14.8. The van der Waals surface area contributed by atoms with E-state index in [1.54, 1.807) is 6.33 Å². The molecule has 0 radical (unpaired) electrons. The SMILES string of the molecule is FC(F)(F)c1cccc(OCc2ncn3c2CCCC3)c1. The molecule has 1 aliphatic heterocycles. The first-order valence-electron chi connectivity index (χ1n) is 6.87. The molecule has 1 aromatic heterocycles. The third kappa shape index (κ3) is 3.04. The van der Waals surface area contributed by atoms with Crippen molar-refractivity contribution in [3.05, 3.63) is 47.5 Å². The number of ether oxygens (including phenoxy) is 1. The van der Waals surface area contributed by atoms with Crippen LogP contribution in [0.5, 0.6) is 5.75 Å². The summed E-state index contributed by atoms with van der Waals surface area (Å²) in [4.78, 5) is 4.30. The van der Waals surface area contributed by atoms with E-state index >= 15 is 0 Å². The second-order valence-corrected chi connectivity index (χ2v) is 5.10. The van der Waals surface area contributed by atoms with Gasteiger partial charge in [0, 0.05) is 12.2 Å². The molecule has 1 aromatic carbocycles. The molecule has 2 aromatic rings. The van der Waals surface area contributed by atoms with Crippen LogP contribution >= 0.6 is 0 Å². The molecule has 0 saturated carbocycles. The van der Waals surface area contributed by atoms with Gasteiger partial charge in [-0.3, -0.25) is 0 Å². The van der Waals surface area contributed by atoms with Gasteiger partial charge in [-0.2, -0.15) is 13.2 Å². The number of hydrogen-bond donors (Lipinski definition) is 0. The number of rotatable bonds is 3. The number of aromatic nitrogens is 2. The first-order chi connectivity index (χ1) is 10.0. The van der Waals surface area contributed by atoms with Gasteiger partial charge in [-0.05, 0) is 37.5 Å². The fourth-order valence-electron chi connectivity index (χ4n) is 2.54. The van der Waals surface area contributed by atoms with Gasteiger partial charge in [0.1, 0.15) is 12.4 Å². The molecule has 0 atom stereocenters. The maximum absolute atomic E-state index is 12.6. The average molecular weight is 296 g/mol. The van der Waals surface area contributed by atoms with E-state index in [1.165, 1.54) is 12.1 Å². The summed E-state index contributed by atoms with van der Waals surface area (Å²) in [6, 6.07) is 4.92. The quantitative estimate of drug-likeness (QED) is 0.861. The molecule has 0 saturated heterocycles. The standard InChI is InChI=1S/C15H15F3N2O/c16-15(17,18)11-4-3-5-12(8-11)21-9-13-14-6-1-2-7-20(14)10-19-13/h3-5,8,10H,1-2,6-7,9H2. The van der Waals surface area contributed by atoms with E-state index in [9.17, 15) is 13.2 Å². The molecule has 0 spiro atoms. The van der Waals surface area contributed by atoms with E-state index in [0.717, 1.165) is 49.3 Å². The lowest BCUT2D eigenvalue weighted by molar-refractivity contribution is -0.137. The van der Waals surface area contributed by atoms with Gasteiger partial charge in [0.25, 0.3) is 0 Å². The lowest BCUT2D eigenvalue weighted by Crippen LogP contribution is -2.11. The summed E-state index contributed by atoms with van der Waals surface area (Å²) in [7, 11) is 0. The number of halogens is 3. The number of aryl methyl sites for hydroxylation is 1. The van der Waals surface area contributed by atoms with E-state index in [0.29, 0.717) is 0 Å². The molecule has 0 amide bonds. The van der Waals surface area contributed by atoms with Gasteiger partial charge in [0.05, 0.1) is 17.6 Å². The van der Waals surface area contributed by atoms with Crippen molar-refractivity contribution < 1.29 is 17.9 Å². The Bertz CT molecular complexity index is 634. The van der Waals surface area contributed by atoms with Crippen molar-refractivity contribution >= 4 is 0 Å². The van der Waals surface area contributed by atoms with Crippen molar-refractivity contribution in [2.75, 3.05) is 0 Å². The minimum Gasteiger partial charge on any atom is -0.487 e. The van der Waals surface area contributed by atoms with Gasteiger partial charge in [0.2, 0.25) is 0 Å². The smallest absolute Gasteiger partial charge is 0.416 e. The molecule has 0 fully saturated rings. The first kappa shape index (κ1) is 14.0. The third-order valence-corrected chi connectivity index (χ3v) is 3.63. The van der Waals surface area contributed by atoms with Gasteiger partial charge < -0.3 is 9.30 Å². The molecule has 0 N–H and O–H groups in total. The number of hydrogen-bond acceptors (Lipinski definition) is 2. The number of nitrogens with zero attached hydrogens (tertiary/aromatic N) is 2. The summed E-state index contributed by atoms with van der Waals surface area (Å²) >= 11 is 0. The maximum Gasteiger partial charge on any atom is 0.416 e. The zero-order chi connectivity index (χ0) is 14.9. The molecule has 0 unspecified atom stereocenters. The first-order valence-corrected chi connectivity index (χ1v) is 6.87. The Labute approximate surface area is 120 Å². The molecule has 3 rings (SSSR count). The van der Waals surface area contributed by atoms with Crippen LogP contribution in [0.1, 0.15) is 29.8 Å². The van der Waals surface area contributed by atoms with Gasteiger partial charge in [-0.25, -0.2) is 4.98 Å². The highest BCUT2D eigenvalue weighted by Crippen LogP contribution is 2.31.